The number of methoxy groups -OCH3 is 1. The van der Waals surface area contributed by atoms with Gasteiger partial charge in [-0.3, -0.25) is 4.90 Å². The number of hydrogen-bond acceptors (Lipinski definition) is 3. The lowest BCUT2D eigenvalue weighted by Gasteiger charge is -2.43. The van der Waals surface area contributed by atoms with E-state index in [-0.39, 0.29) is 18.2 Å². The Kier molecular flexibility index (Phi) is 5.91. The normalized spacial score (nSPS) is 17.3. The molecule has 0 aliphatic rings. The van der Waals surface area contributed by atoms with Gasteiger partial charge in [-0.15, -0.1) is 0 Å². The van der Waals surface area contributed by atoms with Gasteiger partial charge in [-0.1, -0.05) is 20.4 Å². The molecule has 0 spiro atoms. The second kappa shape index (κ2) is 6.13. The Morgan fingerprint density at radius 1 is 1.53 bits per heavy atom. The molecule has 0 bridgehead atoms. The number of likely N-dealkylation sites (N-methyl/N-ethyl adjacent to an activating group) is 1. The van der Waals surface area contributed by atoms with Gasteiger partial charge in [0.1, 0.15) is 5.76 Å². The third-order valence-corrected chi connectivity index (χ3v) is 3.31. The summed E-state index contributed by atoms with van der Waals surface area (Å²) in [7, 11) is 1.65. The molecule has 0 fully saturated rings. The van der Waals surface area contributed by atoms with Gasteiger partial charge in [-0.05, 0) is 26.8 Å². The van der Waals surface area contributed by atoms with Crippen LogP contribution < -0.4 is 0 Å². The fourth-order valence-electron chi connectivity index (χ4n) is 2.03. The van der Waals surface area contributed by atoms with Crippen LogP contribution in [0.15, 0.2) is 12.3 Å². The maximum absolute atomic E-state index is 9.24. The van der Waals surface area contributed by atoms with Gasteiger partial charge in [0.25, 0.3) is 0 Å². The first kappa shape index (κ1) is 14.5. The molecule has 3 nitrogen and oxygen atoms in total. The lowest BCUT2D eigenvalue weighted by molar-refractivity contribution is 0.0251. The van der Waals surface area contributed by atoms with E-state index in [1.54, 1.807) is 7.11 Å². The second-order valence-electron chi connectivity index (χ2n) is 4.07. The molecule has 1 N–H and O–H groups in total. The SMILES string of the molecule is C=C(OC)C(C)(CC)N(CC)C(C)CO. The zero-order chi connectivity index (χ0) is 12.1. The molecule has 0 aromatic rings. The molecule has 0 saturated heterocycles. The molecule has 2 unspecified atom stereocenters. The smallest absolute Gasteiger partial charge is 0.108 e. The predicted octanol–water partition coefficient (Wildman–Crippen LogP) is 2.02. The molecule has 15 heavy (non-hydrogen) atoms. The summed E-state index contributed by atoms with van der Waals surface area (Å²) in [6.07, 6.45) is 0.915. The van der Waals surface area contributed by atoms with E-state index >= 15 is 0 Å². The average Bonchev–Trinajstić information content (AvgIpc) is 2.27. The molecule has 0 aliphatic carbocycles. The molecule has 90 valence electrons. The van der Waals surface area contributed by atoms with E-state index in [1.807, 2.05) is 6.92 Å². The van der Waals surface area contributed by atoms with Crippen LogP contribution in [-0.2, 0) is 4.74 Å². The summed E-state index contributed by atoms with van der Waals surface area (Å²) in [6, 6.07) is 0.117. The van der Waals surface area contributed by atoms with Crippen LogP contribution >= 0.6 is 0 Å². The summed E-state index contributed by atoms with van der Waals surface area (Å²) in [5, 5.41) is 9.24. The van der Waals surface area contributed by atoms with Crippen molar-refractivity contribution in [3.63, 3.8) is 0 Å². The highest BCUT2D eigenvalue weighted by atomic mass is 16.5. The minimum atomic E-state index is -0.203. The van der Waals surface area contributed by atoms with Gasteiger partial charge < -0.3 is 9.84 Å². The molecule has 0 radical (unpaired) electrons. The Morgan fingerprint density at radius 2 is 2.07 bits per heavy atom. The van der Waals surface area contributed by atoms with Crippen LogP contribution in [0.2, 0.25) is 0 Å². The first-order chi connectivity index (χ1) is 6.97. The van der Waals surface area contributed by atoms with Crippen molar-refractivity contribution in [2.24, 2.45) is 0 Å². The number of aliphatic hydroxyl groups is 1. The van der Waals surface area contributed by atoms with Crippen molar-refractivity contribution in [2.75, 3.05) is 20.3 Å². The maximum Gasteiger partial charge on any atom is 0.108 e. The van der Waals surface area contributed by atoms with Gasteiger partial charge in [-0.25, -0.2) is 0 Å². The molecule has 0 heterocycles. The Balaban J connectivity index is 4.95. The summed E-state index contributed by atoms with van der Waals surface area (Å²) >= 11 is 0. The molecule has 0 aliphatic heterocycles. The number of nitrogens with zero attached hydrogens (tertiary/aromatic N) is 1. The van der Waals surface area contributed by atoms with E-state index in [0.29, 0.717) is 0 Å². The highest BCUT2D eigenvalue weighted by molar-refractivity contribution is 5.09. The molecule has 0 rings (SSSR count). The van der Waals surface area contributed by atoms with Gasteiger partial charge in [0.15, 0.2) is 0 Å². The number of hydrogen-bond donors (Lipinski definition) is 1. The van der Waals surface area contributed by atoms with Crippen LogP contribution in [0, 0.1) is 0 Å². The first-order valence-electron chi connectivity index (χ1n) is 5.58. The molecule has 3 heteroatoms. The first-order valence-corrected chi connectivity index (χ1v) is 5.58. The Morgan fingerprint density at radius 3 is 2.33 bits per heavy atom. The standard InChI is InChI=1S/C12H25NO2/c1-7-12(5,11(4)15-6)13(8-2)10(3)9-14/h10,14H,4,7-9H2,1-3,5-6H3. The average molecular weight is 215 g/mol. The monoisotopic (exact) mass is 215 g/mol. The van der Waals surface area contributed by atoms with Crippen LogP contribution in [0.1, 0.15) is 34.1 Å². The van der Waals surface area contributed by atoms with Gasteiger partial charge in [0, 0.05) is 6.04 Å². The Bertz CT molecular complexity index is 206. The third kappa shape index (κ3) is 2.95. The quantitative estimate of drug-likeness (QED) is 0.659. The lowest BCUT2D eigenvalue weighted by atomic mass is 9.92. The molecule has 2 atom stereocenters. The van der Waals surface area contributed by atoms with Crippen molar-refractivity contribution in [1.29, 1.82) is 0 Å². The van der Waals surface area contributed by atoms with E-state index in [2.05, 4.69) is 32.3 Å². The van der Waals surface area contributed by atoms with E-state index < -0.39 is 0 Å². The Hall–Kier alpha value is -0.540. The van der Waals surface area contributed by atoms with Gasteiger partial charge in [-0.2, -0.15) is 0 Å². The third-order valence-electron chi connectivity index (χ3n) is 3.31. The zero-order valence-corrected chi connectivity index (χ0v) is 10.7. The fraction of sp³-hybridized carbons (Fsp3) is 0.833. The van der Waals surface area contributed by atoms with Crippen LogP contribution in [0.25, 0.3) is 0 Å². The largest absolute Gasteiger partial charge is 0.500 e. The highest BCUT2D eigenvalue weighted by Gasteiger charge is 2.35. The maximum atomic E-state index is 9.24. The van der Waals surface area contributed by atoms with E-state index in [0.717, 1.165) is 18.7 Å². The van der Waals surface area contributed by atoms with Gasteiger partial charge in [0.2, 0.25) is 0 Å². The zero-order valence-electron chi connectivity index (χ0n) is 10.7. The van der Waals surface area contributed by atoms with Crippen molar-refractivity contribution in [3.05, 3.63) is 12.3 Å². The number of ether oxygens (including phenoxy) is 1. The van der Waals surface area contributed by atoms with Crippen LogP contribution in [0.5, 0.6) is 0 Å². The summed E-state index contributed by atoms with van der Waals surface area (Å²) in [5.41, 5.74) is -0.203. The number of rotatable bonds is 7. The van der Waals surface area contributed by atoms with E-state index in [1.165, 1.54) is 0 Å². The van der Waals surface area contributed by atoms with Gasteiger partial charge >= 0.3 is 0 Å². The van der Waals surface area contributed by atoms with Crippen molar-refractivity contribution in [1.82, 2.24) is 4.90 Å². The minimum Gasteiger partial charge on any atom is -0.500 e. The molecule has 0 aromatic heterocycles. The van der Waals surface area contributed by atoms with Crippen LogP contribution in [0.4, 0.5) is 0 Å². The summed E-state index contributed by atoms with van der Waals surface area (Å²) in [6.45, 7) is 13.3. The van der Waals surface area contributed by atoms with Gasteiger partial charge in [0.05, 0.1) is 19.3 Å². The van der Waals surface area contributed by atoms with Crippen molar-refractivity contribution in [3.8, 4) is 0 Å². The second-order valence-corrected chi connectivity index (χ2v) is 4.07. The lowest BCUT2D eigenvalue weighted by Crippen LogP contribution is -2.53. The topological polar surface area (TPSA) is 32.7 Å². The molecule has 0 aromatic carbocycles. The number of aliphatic hydroxyl groups excluding tert-OH is 1. The summed E-state index contributed by atoms with van der Waals surface area (Å²) < 4.78 is 5.27. The van der Waals surface area contributed by atoms with Crippen molar-refractivity contribution < 1.29 is 9.84 Å². The molecular formula is C12H25NO2. The minimum absolute atomic E-state index is 0.117. The van der Waals surface area contributed by atoms with E-state index in [4.69, 9.17) is 4.74 Å². The summed E-state index contributed by atoms with van der Waals surface area (Å²) in [4.78, 5) is 2.22. The van der Waals surface area contributed by atoms with Crippen molar-refractivity contribution >= 4 is 0 Å². The van der Waals surface area contributed by atoms with E-state index in [9.17, 15) is 5.11 Å². The van der Waals surface area contributed by atoms with Crippen LogP contribution in [0.3, 0.4) is 0 Å². The highest BCUT2D eigenvalue weighted by Crippen LogP contribution is 2.29. The molecule has 0 saturated carbocycles. The van der Waals surface area contributed by atoms with Crippen LogP contribution in [-0.4, -0.2) is 41.8 Å². The fourth-order valence-corrected chi connectivity index (χ4v) is 2.03. The Labute approximate surface area is 93.7 Å². The predicted molar refractivity (Wildman–Crippen MR) is 63.8 cm³/mol. The van der Waals surface area contributed by atoms with Crippen molar-refractivity contribution in [2.45, 2.75) is 45.7 Å². The summed E-state index contributed by atoms with van der Waals surface area (Å²) in [5.74, 6) is 0.757. The molecular weight excluding hydrogens is 190 g/mol. The molecule has 0 amide bonds.